The van der Waals surface area contributed by atoms with Crippen LogP contribution in [-0.4, -0.2) is 46.2 Å². The standard InChI is InChI=1S/C18H23FN2O3/c1-18(2,3)24-17(23)21-11-14(19)8-15(21)16(22)20-9-12-6-4-5-7-13(12)10-20/h4-7,14-15H,8-11H2,1-3H3/t14-,15+/m0/s1. The molecule has 1 fully saturated rings. The van der Waals surface area contributed by atoms with E-state index in [0.717, 1.165) is 11.1 Å². The van der Waals surface area contributed by atoms with Crippen LogP contribution in [0.5, 0.6) is 0 Å². The Balaban J connectivity index is 1.72. The summed E-state index contributed by atoms with van der Waals surface area (Å²) in [5.41, 5.74) is 1.53. The molecule has 130 valence electrons. The van der Waals surface area contributed by atoms with E-state index in [1.165, 1.54) is 4.90 Å². The zero-order valence-corrected chi connectivity index (χ0v) is 14.3. The molecule has 0 aliphatic carbocycles. The number of hydrogen-bond donors (Lipinski definition) is 0. The summed E-state index contributed by atoms with van der Waals surface area (Å²) in [6, 6.07) is 7.06. The van der Waals surface area contributed by atoms with Gasteiger partial charge in [0.1, 0.15) is 17.8 Å². The number of hydrogen-bond acceptors (Lipinski definition) is 3. The van der Waals surface area contributed by atoms with Crippen LogP contribution < -0.4 is 0 Å². The van der Waals surface area contributed by atoms with Crippen molar-refractivity contribution in [2.45, 2.75) is 58.1 Å². The van der Waals surface area contributed by atoms with Crippen LogP contribution in [-0.2, 0) is 22.6 Å². The number of carbonyl (C=O) groups is 2. The third-order valence-electron chi connectivity index (χ3n) is 4.32. The molecule has 0 N–H and O–H groups in total. The third-order valence-corrected chi connectivity index (χ3v) is 4.32. The number of likely N-dealkylation sites (tertiary alicyclic amines) is 1. The summed E-state index contributed by atoms with van der Waals surface area (Å²) in [5, 5.41) is 0. The van der Waals surface area contributed by atoms with E-state index in [0.29, 0.717) is 13.1 Å². The first-order valence-corrected chi connectivity index (χ1v) is 8.24. The Morgan fingerprint density at radius 2 is 1.75 bits per heavy atom. The van der Waals surface area contributed by atoms with E-state index in [2.05, 4.69) is 0 Å². The van der Waals surface area contributed by atoms with Gasteiger partial charge in [-0.1, -0.05) is 24.3 Å². The van der Waals surface area contributed by atoms with Crippen LogP contribution in [0.4, 0.5) is 9.18 Å². The van der Waals surface area contributed by atoms with Crippen molar-refractivity contribution in [2.75, 3.05) is 6.54 Å². The van der Waals surface area contributed by atoms with Crippen molar-refractivity contribution in [3.05, 3.63) is 35.4 Å². The highest BCUT2D eigenvalue weighted by Crippen LogP contribution is 2.29. The van der Waals surface area contributed by atoms with Gasteiger partial charge in [0.15, 0.2) is 0 Å². The van der Waals surface area contributed by atoms with E-state index in [9.17, 15) is 14.0 Å². The minimum Gasteiger partial charge on any atom is -0.444 e. The highest BCUT2D eigenvalue weighted by atomic mass is 19.1. The normalized spacial score (nSPS) is 23.3. The first-order chi connectivity index (χ1) is 11.2. The molecule has 1 aromatic carbocycles. The molecule has 2 aliphatic rings. The number of nitrogens with zero attached hydrogens (tertiary/aromatic N) is 2. The van der Waals surface area contributed by atoms with Crippen LogP contribution >= 0.6 is 0 Å². The molecule has 0 saturated carbocycles. The number of amides is 2. The van der Waals surface area contributed by atoms with Crippen molar-refractivity contribution in [1.82, 2.24) is 9.80 Å². The van der Waals surface area contributed by atoms with Crippen LogP contribution in [0.15, 0.2) is 24.3 Å². The van der Waals surface area contributed by atoms with Gasteiger partial charge in [0.25, 0.3) is 0 Å². The Morgan fingerprint density at radius 1 is 1.17 bits per heavy atom. The fourth-order valence-corrected chi connectivity index (χ4v) is 3.24. The topological polar surface area (TPSA) is 49.9 Å². The molecule has 5 nitrogen and oxygen atoms in total. The van der Waals surface area contributed by atoms with E-state index in [-0.39, 0.29) is 18.9 Å². The number of fused-ring (bicyclic) bond motifs is 1. The van der Waals surface area contributed by atoms with E-state index in [1.54, 1.807) is 25.7 Å². The van der Waals surface area contributed by atoms with Gasteiger partial charge in [-0.2, -0.15) is 0 Å². The van der Waals surface area contributed by atoms with Gasteiger partial charge in [-0.25, -0.2) is 9.18 Å². The molecule has 0 aromatic heterocycles. The monoisotopic (exact) mass is 334 g/mol. The molecule has 3 rings (SSSR count). The maximum absolute atomic E-state index is 13.9. The van der Waals surface area contributed by atoms with Crippen molar-refractivity contribution in [3.63, 3.8) is 0 Å². The minimum atomic E-state index is -1.20. The van der Waals surface area contributed by atoms with Crippen molar-refractivity contribution >= 4 is 12.0 Å². The average molecular weight is 334 g/mol. The molecule has 0 spiro atoms. The van der Waals surface area contributed by atoms with Gasteiger partial charge in [-0.15, -0.1) is 0 Å². The summed E-state index contributed by atoms with van der Waals surface area (Å²) in [5.74, 6) is -0.211. The van der Waals surface area contributed by atoms with E-state index < -0.39 is 23.9 Å². The van der Waals surface area contributed by atoms with Crippen LogP contribution in [0.1, 0.15) is 38.3 Å². The second-order valence-corrected chi connectivity index (χ2v) is 7.44. The molecule has 0 unspecified atom stereocenters. The summed E-state index contributed by atoms with van der Waals surface area (Å²) >= 11 is 0. The molecule has 24 heavy (non-hydrogen) atoms. The summed E-state index contributed by atoms with van der Waals surface area (Å²) in [7, 11) is 0. The predicted molar refractivity (Wildman–Crippen MR) is 86.9 cm³/mol. The lowest BCUT2D eigenvalue weighted by Gasteiger charge is -2.29. The van der Waals surface area contributed by atoms with Gasteiger partial charge in [0.2, 0.25) is 5.91 Å². The molecule has 2 heterocycles. The van der Waals surface area contributed by atoms with Crippen LogP contribution in [0.2, 0.25) is 0 Å². The molecule has 1 aromatic rings. The minimum absolute atomic E-state index is 0.0327. The second-order valence-electron chi connectivity index (χ2n) is 7.44. The smallest absolute Gasteiger partial charge is 0.411 e. The Hall–Kier alpha value is -2.11. The zero-order valence-electron chi connectivity index (χ0n) is 14.3. The van der Waals surface area contributed by atoms with Gasteiger partial charge >= 0.3 is 6.09 Å². The van der Waals surface area contributed by atoms with Crippen LogP contribution in [0.3, 0.4) is 0 Å². The van der Waals surface area contributed by atoms with Crippen LogP contribution in [0, 0.1) is 0 Å². The van der Waals surface area contributed by atoms with Crippen molar-refractivity contribution < 1.29 is 18.7 Å². The average Bonchev–Trinajstić information content (AvgIpc) is 3.08. The van der Waals surface area contributed by atoms with Gasteiger partial charge in [0.05, 0.1) is 6.54 Å². The molecule has 6 heteroatoms. The summed E-state index contributed by atoms with van der Waals surface area (Å²) < 4.78 is 19.2. The van der Waals surface area contributed by atoms with Gasteiger partial charge in [0, 0.05) is 19.5 Å². The van der Waals surface area contributed by atoms with Crippen molar-refractivity contribution in [2.24, 2.45) is 0 Å². The molecular formula is C18H23FN2O3. The molecular weight excluding hydrogens is 311 g/mol. The Morgan fingerprint density at radius 3 is 2.29 bits per heavy atom. The summed E-state index contributed by atoms with van der Waals surface area (Å²) in [6.45, 7) is 6.17. The lowest BCUT2D eigenvalue weighted by Crippen LogP contribution is -2.47. The Kier molecular flexibility index (Phi) is 4.24. The number of carbonyl (C=O) groups excluding carboxylic acids is 2. The Labute approximate surface area is 141 Å². The zero-order chi connectivity index (χ0) is 17.5. The lowest BCUT2D eigenvalue weighted by atomic mass is 10.1. The molecule has 1 saturated heterocycles. The van der Waals surface area contributed by atoms with E-state index in [1.807, 2.05) is 24.3 Å². The SMILES string of the molecule is CC(C)(C)OC(=O)N1C[C@@H](F)C[C@@H]1C(=O)N1Cc2ccccc2C1. The van der Waals surface area contributed by atoms with E-state index in [4.69, 9.17) is 4.74 Å². The predicted octanol–water partition coefficient (Wildman–Crippen LogP) is 2.88. The fraction of sp³-hybridized carbons (Fsp3) is 0.556. The molecule has 2 amide bonds. The molecule has 0 radical (unpaired) electrons. The van der Waals surface area contributed by atoms with Crippen molar-refractivity contribution in [1.29, 1.82) is 0 Å². The second kappa shape index (κ2) is 6.07. The molecule has 0 bridgehead atoms. The highest BCUT2D eigenvalue weighted by Gasteiger charge is 2.44. The van der Waals surface area contributed by atoms with Gasteiger partial charge < -0.3 is 9.64 Å². The summed E-state index contributed by atoms with van der Waals surface area (Å²) in [4.78, 5) is 28.1. The number of halogens is 1. The van der Waals surface area contributed by atoms with Gasteiger partial charge in [-0.05, 0) is 31.9 Å². The van der Waals surface area contributed by atoms with Crippen LogP contribution in [0.25, 0.3) is 0 Å². The molecule has 2 atom stereocenters. The first kappa shape index (κ1) is 16.7. The quantitative estimate of drug-likeness (QED) is 0.793. The summed E-state index contributed by atoms with van der Waals surface area (Å²) in [6.07, 6.45) is -1.79. The number of rotatable bonds is 1. The van der Waals surface area contributed by atoms with Crippen molar-refractivity contribution in [3.8, 4) is 0 Å². The maximum atomic E-state index is 13.9. The number of alkyl halides is 1. The third kappa shape index (κ3) is 3.37. The molecule has 2 aliphatic heterocycles. The van der Waals surface area contributed by atoms with Gasteiger partial charge in [-0.3, -0.25) is 9.69 Å². The fourth-order valence-electron chi connectivity index (χ4n) is 3.24. The lowest BCUT2D eigenvalue weighted by molar-refractivity contribution is -0.136. The number of benzene rings is 1. The van der Waals surface area contributed by atoms with E-state index >= 15 is 0 Å². The number of ether oxygens (including phenoxy) is 1. The highest BCUT2D eigenvalue weighted by molar-refractivity contribution is 5.87. The Bertz CT molecular complexity index is 631. The first-order valence-electron chi connectivity index (χ1n) is 8.24. The maximum Gasteiger partial charge on any atom is 0.411 e. The largest absolute Gasteiger partial charge is 0.444 e.